The third kappa shape index (κ3) is 3.75. The van der Waals surface area contributed by atoms with Crippen LogP contribution in [0.5, 0.6) is 0 Å². The number of carboxylic acids is 1. The number of benzene rings is 1. The van der Waals surface area contributed by atoms with Gasteiger partial charge in [-0.1, -0.05) is 11.6 Å². The molecule has 0 saturated heterocycles. The largest absolute Gasteiger partial charge is 0.480 e. The Morgan fingerprint density at radius 2 is 2.09 bits per heavy atom. The fraction of sp³-hybridized carbons (Fsp3) is 0.364. The molecule has 0 fully saturated rings. The van der Waals surface area contributed by atoms with Crippen molar-refractivity contribution in [1.82, 2.24) is 4.72 Å². The average Bonchev–Trinajstić information content (AvgIpc) is 2.38. The Labute approximate surface area is 137 Å². The quantitative estimate of drug-likeness (QED) is 0.627. The molecule has 1 aromatic carbocycles. The molecule has 0 aliphatic carbocycles. The Hall–Kier alpha value is -1.40. The number of hydrogen-bond acceptors (Lipinski definition) is 6. The zero-order valence-corrected chi connectivity index (χ0v) is 14.1. The number of anilines is 1. The molecule has 1 aromatic rings. The van der Waals surface area contributed by atoms with Crippen molar-refractivity contribution in [1.29, 1.82) is 0 Å². The Kier molecular flexibility index (Phi) is 4.61. The van der Waals surface area contributed by atoms with Crippen LogP contribution in [0.15, 0.2) is 17.0 Å². The fourth-order valence-corrected chi connectivity index (χ4v) is 4.28. The van der Waals surface area contributed by atoms with Crippen molar-refractivity contribution in [2.75, 3.05) is 11.6 Å². The molecule has 23 heavy (non-hydrogen) atoms. The molecule has 9 nitrogen and oxygen atoms in total. The van der Waals surface area contributed by atoms with Crippen molar-refractivity contribution >= 4 is 43.4 Å². The van der Waals surface area contributed by atoms with E-state index in [-0.39, 0.29) is 27.8 Å². The SMILES string of the molecule is CC(C(=O)O)N1CNS(=O)(=O)c2cc(CS(=O)(=O)O)c(Cl)cc21. The van der Waals surface area contributed by atoms with E-state index in [1.165, 1.54) is 17.9 Å². The van der Waals surface area contributed by atoms with Gasteiger partial charge in [0, 0.05) is 5.02 Å². The lowest BCUT2D eigenvalue weighted by Gasteiger charge is -2.34. The van der Waals surface area contributed by atoms with Gasteiger partial charge in [0.1, 0.15) is 16.7 Å². The number of hydrogen-bond donors (Lipinski definition) is 3. The molecule has 0 spiro atoms. The molecule has 1 atom stereocenters. The predicted octanol–water partition coefficient (Wildman–Crippen LogP) is 0.257. The molecule has 3 N–H and O–H groups in total. The highest BCUT2D eigenvalue weighted by Crippen LogP contribution is 2.35. The van der Waals surface area contributed by atoms with Gasteiger partial charge < -0.3 is 10.0 Å². The number of carboxylic acid groups (broad SMARTS) is 1. The first-order chi connectivity index (χ1) is 10.4. The van der Waals surface area contributed by atoms with Crippen molar-refractivity contribution in [2.45, 2.75) is 23.6 Å². The fourth-order valence-electron chi connectivity index (χ4n) is 2.13. The summed E-state index contributed by atoms with van der Waals surface area (Å²) in [7, 11) is -8.36. The van der Waals surface area contributed by atoms with Crippen molar-refractivity contribution in [3.8, 4) is 0 Å². The van der Waals surface area contributed by atoms with Crippen LogP contribution in [0.2, 0.25) is 5.02 Å². The first-order valence-electron chi connectivity index (χ1n) is 6.19. The number of rotatable bonds is 4. The van der Waals surface area contributed by atoms with Gasteiger partial charge >= 0.3 is 5.97 Å². The first-order valence-corrected chi connectivity index (χ1v) is 9.66. The molecule has 1 heterocycles. The average molecular weight is 385 g/mol. The number of carbonyl (C=O) groups is 1. The zero-order chi connectivity index (χ0) is 17.6. The van der Waals surface area contributed by atoms with E-state index in [2.05, 4.69) is 4.72 Å². The second kappa shape index (κ2) is 5.91. The summed E-state index contributed by atoms with van der Waals surface area (Å²) < 4.78 is 57.3. The molecule has 0 saturated carbocycles. The Bertz CT molecular complexity index is 867. The van der Waals surface area contributed by atoms with E-state index >= 15 is 0 Å². The molecule has 2 rings (SSSR count). The number of sulfonamides is 1. The molecular weight excluding hydrogens is 372 g/mol. The molecule has 0 bridgehead atoms. The maximum Gasteiger partial charge on any atom is 0.326 e. The van der Waals surface area contributed by atoms with Crippen LogP contribution in [0.25, 0.3) is 0 Å². The first kappa shape index (κ1) is 17.9. The van der Waals surface area contributed by atoms with Gasteiger partial charge in [-0.2, -0.15) is 13.1 Å². The highest BCUT2D eigenvalue weighted by Gasteiger charge is 2.34. The summed E-state index contributed by atoms with van der Waals surface area (Å²) >= 11 is 5.95. The van der Waals surface area contributed by atoms with Crippen molar-refractivity contribution in [2.24, 2.45) is 0 Å². The minimum atomic E-state index is -4.41. The normalized spacial score (nSPS) is 18.3. The van der Waals surface area contributed by atoms with Crippen LogP contribution in [0.3, 0.4) is 0 Å². The molecule has 128 valence electrons. The van der Waals surface area contributed by atoms with Gasteiger partial charge in [0.15, 0.2) is 0 Å². The third-order valence-corrected chi connectivity index (χ3v) is 5.76. The second-order valence-corrected chi connectivity index (χ2v) is 8.52. The van der Waals surface area contributed by atoms with E-state index in [0.717, 1.165) is 6.07 Å². The van der Waals surface area contributed by atoms with Gasteiger partial charge in [-0.3, -0.25) is 4.55 Å². The minimum Gasteiger partial charge on any atom is -0.480 e. The van der Waals surface area contributed by atoms with Gasteiger partial charge in [0.2, 0.25) is 10.0 Å². The van der Waals surface area contributed by atoms with Crippen LogP contribution in [0.4, 0.5) is 5.69 Å². The van der Waals surface area contributed by atoms with Gasteiger partial charge in [-0.25, -0.2) is 13.2 Å². The maximum absolute atomic E-state index is 12.1. The summed E-state index contributed by atoms with van der Waals surface area (Å²) in [5, 5.41) is 9.01. The smallest absolute Gasteiger partial charge is 0.326 e. The van der Waals surface area contributed by atoms with Gasteiger partial charge in [0.25, 0.3) is 10.1 Å². The van der Waals surface area contributed by atoms with Crippen LogP contribution in [-0.2, 0) is 30.7 Å². The topological polar surface area (TPSA) is 141 Å². The molecule has 12 heteroatoms. The van der Waals surface area contributed by atoms with Crippen molar-refractivity contribution < 1.29 is 31.3 Å². The Morgan fingerprint density at radius 3 is 2.61 bits per heavy atom. The van der Waals surface area contributed by atoms with Crippen LogP contribution in [0.1, 0.15) is 12.5 Å². The molecule has 1 aliphatic heterocycles. The monoisotopic (exact) mass is 384 g/mol. The lowest BCUT2D eigenvalue weighted by molar-refractivity contribution is -0.138. The summed E-state index contributed by atoms with van der Waals surface area (Å²) in [5.74, 6) is -2.03. The van der Waals surface area contributed by atoms with E-state index in [1.54, 1.807) is 0 Å². The second-order valence-electron chi connectivity index (χ2n) is 4.93. The van der Waals surface area contributed by atoms with E-state index in [1.807, 2.05) is 0 Å². The number of halogens is 1. The van der Waals surface area contributed by atoms with Gasteiger partial charge in [0.05, 0.1) is 12.4 Å². The maximum atomic E-state index is 12.1. The van der Waals surface area contributed by atoms with Crippen LogP contribution in [0, 0.1) is 0 Å². The van der Waals surface area contributed by atoms with Crippen molar-refractivity contribution in [3.05, 3.63) is 22.7 Å². The molecule has 1 aliphatic rings. The third-order valence-electron chi connectivity index (χ3n) is 3.31. The number of aliphatic carboxylic acids is 1. The number of nitrogens with zero attached hydrogens (tertiary/aromatic N) is 1. The lowest BCUT2D eigenvalue weighted by atomic mass is 10.2. The lowest BCUT2D eigenvalue weighted by Crippen LogP contribution is -2.50. The summed E-state index contributed by atoms with van der Waals surface area (Å²) in [6.07, 6.45) is 0. The summed E-state index contributed by atoms with van der Waals surface area (Å²) in [5.41, 5.74) is -0.0640. The summed E-state index contributed by atoms with van der Waals surface area (Å²) in [4.78, 5) is 12.1. The molecule has 0 radical (unpaired) electrons. The van der Waals surface area contributed by atoms with Gasteiger partial charge in [-0.15, -0.1) is 0 Å². The van der Waals surface area contributed by atoms with Gasteiger partial charge in [-0.05, 0) is 24.6 Å². The van der Waals surface area contributed by atoms with E-state index < -0.39 is 37.9 Å². The van der Waals surface area contributed by atoms with E-state index in [9.17, 15) is 21.6 Å². The standard InChI is InChI=1S/C11H13ClN2O7S2/c1-6(11(15)16)14-5-13-23(20,21)10-2-7(4-22(17,18)19)8(12)3-9(10)14/h2-3,6,13H,4-5H2,1H3,(H,15,16)(H,17,18,19). The van der Waals surface area contributed by atoms with E-state index in [0.29, 0.717) is 0 Å². The zero-order valence-electron chi connectivity index (χ0n) is 11.7. The van der Waals surface area contributed by atoms with Crippen LogP contribution in [-0.4, -0.2) is 45.2 Å². The molecule has 1 unspecified atom stereocenters. The Morgan fingerprint density at radius 1 is 1.48 bits per heavy atom. The Balaban J connectivity index is 2.64. The summed E-state index contributed by atoms with van der Waals surface area (Å²) in [6, 6.07) is 1.14. The van der Waals surface area contributed by atoms with E-state index in [4.69, 9.17) is 21.3 Å². The highest BCUT2D eigenvalue weighted by atomic mass is 35.5. The number of fused-ring (bicyclic) bond motifs is 1. The minimum absolute atomic E-state index is 0.0442. The van der Waals surface area contributed by atoms with Crippen LogP contribution >= 0.6 is 11.6 Å². The van der Waals surface area contributed by atoms with Crippen molar-refractivity contribution in [3.63, 3.8) is 0 Å². The number of nitrogens with one attached hydrogen (secondary N) is 1. The summed E-state index contributed by atoms with van der Waals surface area (Å²) in [6.45, 7) is 1.10. The highest BCUT2D eigenvalue weighted by molar-refractivity contribution is 7.89. The van der Waals surface area contributed by atoms with Crippen LogP contribution < -0.4 is 9.62 Å². The molecular formula is C11H13ClN2O7S2. The predicted molar refractivity (Wildman–Crippen MR) is 81.5 cm³/mol. The molecule has 0 aromatic heterocycles. The molecule has 0 amide bonds.